The monoisotopic (exact) mass is 1470 g/mol. The number of halogens is 2. The van der Waals surface area contributed by atoms with Crippen LogP contribution in [0.2, 0.25) is 10.0 Å². The maximum atomic E-state index is 12.2. The summed E-state index contributed by atoms with van der Waals surface area (Å²) >= 11 is 16.8. The largest absolute Gasteiger partial charge is 0.465 e. The molecule has 12 heterocycles. The number of hydrazone groups is 1. The van der Waals surface area contributed by atoms with Crippen molar-refractivity contribution in [2.75, 3.05) is 10.9 Å². The normalized spacial score (nSPS) is 13.6. The van der Waals surface area contributed by atoms with E-state index in [1.165, 1.54) is 54.0 Å². The van der Waals surface area contributed by atoms with E-state index in [0.29, 0.717) is 57.7 Å². The number of carbonyl (C=O) groups excluding carboxylic acids is 4. The predicted molar refractivity (Wildman–Crippen MR) is 414 cm³/mol. The molecular formula is C77H72Cl2N16O5S3. The summed E-state index contributed by atoms with van der Waals surface area (Å²) in [6, 6.07) is 45.3. The maximum Gasteiger partial charge on any atom is 0.294 e. The van der Waals surface area contributed by atoms with E-state index in [1.54, 1.807) is 129 Å². The summed E-state index contributed by atoms with van der Waals surface area (Å²) in [5.41, 5.74) is 6.22. The second-order valence-electron chi connectivity index (χ2n) is 23.5. The fraction of sp³-hybridized carbons (Fsp3) is 0.156. The topological polar surface area (TPSA) is 235 Å². The molecule has 13 aromatic rings. The lowest BCUT2D eigenvalue weighted by Crippen LogP contribution is -2.29. The van der Waals surface area contributed by atoms with Gasteiger partial charge in [-0.25, -0.2) is 28.4 Å². The van der Waals surface area contributed by atoms with Crippen LogP contribution in [-0.4, -0.2) is 99.0 Å². The zero-order chi connectivity index (χ0) is 71.9. The Morgan fingerprint density at radius 3 is 1.54 bits per heavy atom. The molecule has 15 rings (SSSR count). The lowest BCUT2D eigenvalue weighted by atomic mass is 10.0. The second kappa shape index (κ2) is 36.3. The quantitative estimate of drug-likeness (QED) is 0.0836. The van der Waals surface area contributed by atoms with E-state index in [4.69, 9.17) is 33.5 Å². The number of thiophene rings is 3. The van der Waals surface area contributed by atoms with Crippen molar-refractivity contribution >= 4 is 148 Å². The number of aromatic nitrogens is 13. The van der Waals surface area contributed by atoms with Crippen LogP contribution in [0.4, 0.5) is 5.95 Å². The lowest BCUT2D eigenvalue weighted by Gasteiger charge is -2.19. The van der Waals surface area contributed by atoms with Crippen LogP contribution in [0.15, 0.2) is 221 Å². The summed E-state index contributed by atoms with van der Waals surface area (Å²) in [7, 11) is 3.67. The van der Waals surface area contributed by atoms with Crippen molar-refractivity contribution in [1.29, 1.82) is 0 Å². The van der Waals surface area contributed by atoms with Gasteiger partial charge in [0.2, 0.25) is 5.91 Å². The van der Waals surface area contributed by atoms with Crippen molar-refractivity contribution in [1.82, 2.24) is 63.1 Å². The van der Waals surface area contributed by atoms with E-state index in [0.717, 1.165) is 50.1 Å². The minimum absolute atomic E-state index is 0.0647. The zero-order valence-electron chi connectivity index (χ0n) is 56.4. The van der Waals surface area contributed by atoms with E-state index in [-0.39, 0.29) is 29.7 Å². The summed E-state index contributed by atoms with van der Waals surface area (Å²) in [4.78, 5) is 52.3. The molecule has 1 saturated carbocycles. The number of rotatable bonds is 17. The molecule has 1 aliphatic heterocycles. The number of furan rings is 1. The highest BCUT2D eigenvalue weighted by molar-refractivity contribution is 7.11. The highest BCUT2D eigenvalue weighted by atomic mass is 35.5. The molecule has 0 saturated heterocycles. The van der Waals surface area contributed by atoms with Gasteiger partial charge in [0.1, 0.15) is 17.1 Å². The number of aryl methyl sites for hydroxylation is 3. The molecule has 2 aromatic carbocycles. The van der Waals surface area contributed by atoms with E-state index < -0.39 is 0 Å². The number of carbonyl (C=O) groups is 4. The zero-order valence-corrected chi connectivity index (χ0v) is 60.4. The van der Waals surface area contributed by atoms with Crippen molar-refractivity contribution in [3.63, 3.8) is 0 Å². The first-order valence-electron chi connectivity index (χ1n) is 32.8. The van der Waals surface area contributed by atoms with Crippen molar-refractivity contribution in [2.24, 2.45) is 25.1 Å². The van der Waals surface area contributed by atoms with Crippen molar-refractivity contribution in [2.45, 2.75) is 57.9 Å². The Balaban J connectivity index is 0.000000129. The van der Waals surface area contributed by atoms with Crippen LogP contribution in [0.3, 0.4) is 0 Å². The van der Waals surface area contributed by atoms with Gasteiger partial charge in [-0.1, -0.05) is 90.7 Å². The summed E-state index contributed by atoms with van der Waals surface area (Å²) in [5.74, 6) is 8.15. The van der Waals surface area contributed by atoms with Crippen LogP contribution in [0.1, 0.15) is 129 Å². The summed E-state index contributed by atoms with van der Waals surface area (Å²) in [5, 5.41) is 38.7. The van der Waals surface area contributed by atoms with Gasteiger partial charge >= 0.3 is 0 Å². The molecule has 2 N–H and O–H groups in total. The third-order valence-corrected chi connectivity index (χ3v) is 19.0. The molecule has 103 heavy (non-hydrogen) atoms. The molecule has 11 aromatic heterocycles. The highest BCUT2D eigenvalue weighted by Gasteiger charge is 2.25. The summed E-state index contributed by atoms with van der Waals surface area (Å²) < 4.78 is 15.7. The average Bonchev–Trinajstić information content (AvgIpc) is 1.69. The van der Waals surface area contributed by atoms with Crippen molar-refractivity contribution in [3.05, 3.63) is 293 Å². The molecule has 0 spiro atoms. The van der Waals surface area contributed by atoms with Crippen molar-refractivity contribution < 1.29 is 23.6 Å². The molecule has 1 fully saturated rings. The molecule has 1 unspecified atom stereocenters. The van der Waals surface area contributed by atoms with E-state index >= 15 is 0 Å². The van der Waals surface area contributed by atoms with Crippen LogP contribution in [0.5, 0.6) is 0 Å². The van der Waals surface area contributed by atoms with Gasteiger partial charge in [-0.3, -0.25) is 19.2 Å². The van der Waals surface area contributed by atoms with Gasteiger partial charge in [-0.05, 0) is 205 Å². The number of anilines is 1. The number of nitrogen functional groups attached to an aromatic ring is 1. The molecule has 2 aliphatic rings. The number of hydrogen-bond acceptors (Lipinski definition) is 17. The standard InChI is InChI=1S/C17H13ClN2OS.C16H18N2OS.C15H13N3O2.C15H13N3OS.C14H15ClN6/c18-14-5-3-13(4-6-14)12-17(21)20-10-9-15(19-20)7-8-16-2-1-11-22-16;19-16(12-13-4-1-2-5-13)18-10-9-14(17-18)7-8-15-6-3-11-20-15;2*1-17-9-2-5-14(17)15(19)18-10-8-12(16-18)6-7-13-4-3-11-20-13;1-10-18-19-14(20(10)16)21-13(7-8-17-21)6-5-11-3-2-4-12(15)9-11/h1-11H,12H2;3,6-11,13H,1-2,4-5,12H2;2*2-11H,1H3;2-6,8-9,13H,7,16H2,1H3/b2*8-7+;2*7-6+;6-5+. The number of benzene rings is 2. The van der Waals surface area contributed by atoms with E-state index in [1.807, 2.05) is 201 Å². The first kappa shape index (κ1) is 72.8. The fourth-order valence-electron chi connectivity index (χ4n) is 10.6. The highest BCUT2D eigenvalue weighted by Crippen LogP contribution is 2.28. The van der Waals surface area contributed by atoms with Crippen LogP contribution in [0, 0.1) is 12.8 Å². The Bertz CT molecular complexity index is 4920. The maximum absolute atomic E-state index is 12.2. The molecule has 522 valence electrons. The van der Waals surface area contributed by atoms with Gasteiger partial charge < -0.3 is 19.4 Å². The Hall–Kier alpha value is -11.4. The molecule has 26 heteroatoms. The average molecular weight is 1470 g/mol. The Morgan fingerprint density at radius 2 is 1.07 bits per heavy atom. The molecule has 0 amide bonds. The third-order valence-electron chi connectivity index (χ3n) is 16.0. The van der Waals surface area contributed by atoms with Crippen LogP contribution in [0.25, 0.3) is 54.7 Å². The van der Waals surface area contributed by atoms with Gasteiger partial charge in [0.05, 0.1) is 41.5 Å². The number of hydrogen-bond donors (Lipinski definition) is 1. The molecule has 21 nitrogen and oxygen atoms in total. The van der Waals surface area contributed by atoms with Gasteiger partial charge in [0.25, 0.3) is 23.7 Å². The van der Waals surface area contributed by atoms with E-state index in [9.17, 15) is 19.2 Å². The minimum Gasteiger partial charge on any atom is -0.465 e. The fourth-order valence-corrected chi connectivity index (χ4v) is 12.8. The van der Waals surface area contributed by atoms with Gasteiger partial charge in [0, 0.05) is 95.0 Å². The Morgan fingerprint density at radius 1 is 0.544 bits per heavy atom. The summed E-state index contributed by atoms with van der Waals surface area (Å²) in [6.07, 6.45) is 40.0. The SMILES string of the molecule is Cc1nnc(N2N=CCC2/C=C/c2cccc(Cl)c2)n1N.Cn1cccc1C(=O)n1ccc(/C=C/c2ccco2)n1.Cn1cccc1C(=O)n1ccc(/C=C/c2cccs2)n1.O=C(CC1CCCC1)n1ccc(/C=C/c2cccs2)n1.O=C(Cc1ccc(Cl)cc1)n1ccc(/C=C/c2cccs2)n1. The Labute approximate surface area is 617 Å². The first-order chi connectivity index (χ1) is 50.1. The smallest absolute Gasteiger partial charge is 0.294 e. The first-order valence-corrected chi connectivity index (χ1v) is 36.2. The van der Waals surface area contributed by atoms with Crippen LogP contribution in [-0.2, 0) is 20.5 Å². The number of nitrogens with two attached hydrogens (primary N) is 1. The lowest BCUT2D eigenvalue weighted by molar-refractivity contribution is 0.0861. The summed E-state index contributed by atoms with van der Waals surface area (Å²) in [6.45, 7) is 1.80. The van der Waals surface area contributed by atoms with Crippen LogP contribution < -0.4 is 10.9 Å². The van der Waals surface area contributed by atoms with Gasteiger partial charge in [-0.2, -0.15) is 25.5 Å². The Kier molecular flexibility index (Phi) is 25.6. The number of nitrogens with zero attached hydrogens (tertiary/aromatic N) is 15. The van der Waals surface area contributed by atoms with Crippen molar-refractivity contribution in [3.8, 4) is 0 Å². The second-order valence-corrected chi connectivity index (χ2v) is 27.3. The molecule has 0 bridgehead atoms. The third kappa shape index (κ3) is 21.1. The van der Waals surface area contributed by atoms with E-state index in [2.05, 4.69) is 47.8 Å². The van der Waals surface area contributed by atoms with Gasteiger partial charge in [0.15, 0.2) is 5.82 Å². The molecule has 0 radical (unpaired) electrons. The molecule has 1 aliphatic carbocycles. The molecule has 1 atom stereocenters. The van der Waals surface area contributed by atoms with Crippen LogP contribution >= 0.6 is 57.2 Å². The minimum atomic E-state index is -0.157. The van der Waals surface area contributed by atoms with Gasteiger partial charge in [-0.15, -0.1) is 44.2 Å². The molecular weight excluding hydrogens is 1400 g/mol. The predicted octanol–water partition coefficient (Wildman–Crippen LogP) is 17.0.